The summed E-state index contributed by atoms with van der Waals surface area (Å²) in [4.78, 5) is 35.5. The molecule has 176 valence electrons. The number of carbonyl (C=O) groups excluding carboxylic acids is 2. The number of aliphatic carboxylic acids is 1. The lowest BCUT2D eigenvalue weighted by atomic mass is 9.99. The number of benzene rings is 3. The van der Waals surface area contributed by atoms with Crippen LogP contribution >= 0.6 is 11.6 Å². The molecule has 0 spiro atoms. The normalized spacial score (nSPS) is 11.5. The summed E-state index contributed by atoms with van der Waals surface area (Å²) in [5.41, 5.74) is 4.12. The summed E-state index contributed by atoms with van der Waals surface area (Å²) in [6.45, 7) is 0.384. The number of methoxy groups -OCH3 is 1. The first-order chi connectivity index (χ1) is 16.4. The molecular weight excluding hydrogens is 456 g/mol. The molecular formula is C26H25ClN2O5. The van der Waals surface area contributed by atoms with Crippen LogP contribution in [0.1, 0.15) is 21.5 Å². The quantitative estimate of drug-likeness (QED) is 0.382. The number of carbonyl (C=O) groups is 3. The van der Waals surface area contributed by atoms with Gasteiger partial charge in [0, 0.05) is 13.0 Å². The van der Waals surface area contributed by atoms with Crippen molar-refractivity contribution in [3.05, 3.63) is 94.5 Å². The zero-order valence-corrected chi connectivity index (χ0v) is 19.3. The van der Waals surface area contributed by atoms with Crippen LogP contribution in [0.2, 0.25) is 5.02 Å². The largest absolute Gasteiger partial charge is 0.480 e. The fraction of sp³-hybridized carbons (Fsp3) is 0.192. The number of carboxylic acids is 1. The Hall–Kier alpha value is -3.68. The predicted octanol–water partition coefficient (Wildman–Crippen LogP) is 3.70. The van der Waals surface area contributed by atoms with E-state index in [9.17, 15) is 14.4 Å². The number of esters is 1. The van der Waals surface area contributed by atoms with Crippen molar-refractivity contribution in [2.75, 3.05) is 13.7 Å². The van der Waals surface area contributed by atoms with Crippen LogP contribution in [-0.2, 0) is 27.3 Å². The molecule has 0 fully saturated rings. The minimum absolute atomic E-state index is 0.0887. The lowest BCUT2D eigenvalue weighted by Crippen LogP contribution is -2.43. The number of hydrogen-bond donors (Lipinski definition) is 3. The van der Waals surface area contributed by atoms with Gasteiger partial charge in [-0.2, -0.15) is 0 Å². The van der Waals surface area contributed by atoms with Gasteiger partial charge in [-0.05, 0) is 34.4 Å². The average Bonchev–Trinajstić information content (AvgIpc) is 2.84. The van der Waals surface area contributed by atoms with Crippen LogP contribution in [0.15, 0.2) is 72.8 Å². The van der Waals surface area contributed by atoms with Gasteiger partial charge in [0.1, 0.15) is 6.04 Å². The van der Waals surface area contributed by atoms with E-state index in [0.717, 1.165) is 22.3 Å². The number of rotatable bonds is 10. The summed E-state index contributed by atoms with van der Waals surface area (Å²) in [6, 6.07) is 21.3. The summed E-state index contributed by atoms with van der Waals surface area (Å²) >= 11 is 6.09. The lowest BCUT2D eigenvalue weighted by Gasteiger charge is -2.17. The van der Waals surface area contributed by atoms with Gasteiger partial charge < -0.3 is 20.5 Å². The summed E-state index contributed by atoms with van der Waals surface area (Å²) in [5, 5.41) is 14.6. The Morgan fingerprint density at radius 2 is 1.50 bits per heavy atom. The summed E-state index contributed by atoms with van der Waals surface area (Å²) in [5.74, 6) is -1.89. The maximum absolute atomic E-state index is 12.6. The van der Waals surface area contributed by atoms with Crippen LogP contribution < -0.4 is 10.6 Å². The molecule has 0 aliphatic heterocycles. The molecule has 3 aromatic rings. The molecule has 0 aliphatic carbocycles. The van der Waals surface area contributed by atoms with E-state index in [0.29, 0.717) is 11.6 Å². The van der Waals surface area contributed by atoms with Crippen molar-refractivity contribution in [2.45, 2.75) is 19.0 Å². The van der Waals surface area contributed by atoms with E-state index in [2.05, 4.69) is 10.6 Å². The fourth-order valence-electron chi connectivity index (χ4n) is 3.41. The van der Waals surface area contributed by atoms with Crippen molar-refractivity contribution in [1.29, 1.82) is 0 Å². The van der Waals surface area contributed by atoms with Crippen molar-refractivity contribution >= 4 is 29.4 Å². The number of amides is 1. The highest BCUT2D eigenvalue weighted by Gasteiger charge is 2.23. The lowest BCUT2D eigenvalue weighted by molar-refractivity contribution is -0.142. The SMILES string of the molecule is COC(=O)[C@H](Cc1ccc(-c2ccc(CNCC(=O)O)cc2)cc1)NC(=O)c1ccccc1Cl. The molecule has 0 saturated carbocycles. The maximum Gasteiger partial charge on any atom is 0.328 e. The minimum atomic E-state index is -0.894. The standard InChI is InChI=1S/C26H25ClN2O5/c1-34-26(33)23(29-25(32)21-4-2-3-5-22(21)27)14-17-6-10-19(11-7-17)20-12-8-18(9-13-20)15-28-16-24(30)31/h2-13,23,28H,14-16H2,1H3,(H,29,32)(H,30,31)/t23-/m0/s1. The summed E-state index contributed by atoms with van der Waals surface area (Å²) < 4.78 is 4.87. The van der Waals surface area contributed by atoms with Gasteiger partial charge in [-0.15, -0.1) is 0 Å². The summed E-state index contributed by atoms with van der Waals surface area (Å²) in [6.07, 6.45) is 0.261. The van der Waals surface area contributed by atoms with Crippen molar-refractivity contribution in [2.24, 2.45) is 0 Å². The Morgan fingerprint density at radius 1 is 0.912 bits per heavy atom. The van der Waals surface area contributed by atoms with Gasteiger partial charge in [-0.25, -0.2) is 4.79 Å². The molecule has 0 saturated heterocycles. The topological polar surface area (TPSA) is 105 Å². The molecule has 3 N–H and O–H groups in total. The van der Waals surface area contributed by atoms with Crippen LogP contribution in [0.25, 0.3) is 11.1 Å². The Bertz CT molecular complexity index is 1150. The highest BCUT2D eigenvalue weighted by atomic mass is 35.5. The molecule has 1 amide bonds. The van der Waals surface area contributed by atoms with Crippen molar-refractivity contribution in [1.82, 2.24) is 10.6 Å². The number of carboxylic acid groups (broad SMARTS) is 1. The van der Waals surface area contributed by atoms with Crippen LogP contribution in [0.4, 0.5) is 0 Å². The van der Waals surface area contributed by atoms with Crippen LogP contribution in [0, 0.1) is 0 Å². The van der Waals surface area contributed by atoms with Gasteiger partial charge in [0.25, 0.3) is 5.91 Å². The van der Waals surface area contributed by atoms with Gasteiger partial charge in [-0.3, -0.25) is 9.59 Å². The summed E-state index contributed by atoms with van der Waals surface area (Å²) in [7, 11) is 1.28. The maximum atomic E-state index is 12.6. The second-order valence-corrected chi connectivity index (χ2v) is 8.03. The van der Waals surface area contributed by atoms with E-state index >= 15 is 0 Å². The van der Waals surface area contributed by atoms with E-state index in [1.165, 1.54) is 7.11 Å². The van der Waals surface area contributed by atoms with Crippen LogP contribution in [0.3, 0.4) is 0 Å². The Balaban J connectivity index is 1.66. The van der Waals surface area contributed by atoms with Gasteiger partial charge >= 0.3 is 11.9 Å². The number of hydrogen-bond acceptors (Lipinski definition) is 5. The molecule has 1 atom stereocenters. The van der Waals surface area contributed by atoms with Gasteiger partial charge in [0.2, 0.25) is 0 Å². The average molecular weight is 481 g/mol. The third-order valence-electron chi connectivity index (χ3n) is 5.20. The zero-order chi connectivity index (χ0) is 24.5. The number of nitrogens with one attached hydrogen (secondary N) is 2. The fourth-order valence-corrected chi connectivity index (χ4v) is 3.64. The predicted molar refractivity (Wildman–Crippen MR) is 130 cm³/mol. The van der Waals surface area contributed by atoms with E-state index in [1.807, 2.05) is 48.5 Å². The van der Waals surface area contributed by atoms with Crippen LogP contribution in [-0.4, -0.2) is 42.6 Å². The molecule has 0 unspecified atom stereocenters. The van der Waals surface area contributed by atoms with Gasteiger partial charge in [-0.1, -0.05) is 72.3 Å². The number of halogens is 1. The second kappa shape index (κ2) is 12.0. The van der Waals surface area contributed by atoms with Gasteiger partial charge in [0.05, 0.1) is 24.2 Å². The molecule has 3 aromatic carbocycles. The first-order valence-electron chi connectivity index (χ1n) is 10.6. The monoisotopic (exact) mass is 480 g/mol. The Morgan fingerprint density at radius 3 is 2.06 bits per heavy atom. The van der Waals surface area contributed by atoms with Crippen LogP contribution in [0.5, 0.6) is 0 Å². The Kier molecular flexibility index (Phi) is 8.79. The molecule has 0 heterocycles. The van der Waals surface area contributed by atoms with Crippen molar-refractivity contribution in [3.8, 4) is 11.1 Å². The minimum Gasteiger partial charge on any atom is -0.480 e. The highest BCUT2D eigenvalue weighted by molar-refractivity contribution is 6.33. The zero-order valence-electron chi connectivity index (χ0n) is 18.6. The van der Waals surface area contributed by atoms with E-state index < -0.39 is 23.9 Å². The smallest absolute Gasteiger partial charge is 0.328 e. The molecule has 34 heavy (non-hydrogen) atoms. The first kappa shape index (κ1) is 25.0. The first-order valence-corrected chi connectivity index (χ1v) is 11.0. The molecule has 3 rings (SSSR count). The van der Waals surface area contributed by atoms with Crippen molar-refractivity contribution < 1.29 is 24.2 Å². The molecule has 0 radical (unpaired) electrons. The Labute approximate surface area is 202 Å². The number of ether oxygens (including phenoxy) is 1. The molecule has 0 aromatic heterocycles. The third-order valence-corrected chi connectivity index (χ3v) is 5.53. The van der Waals surface area contributed by atoms with Crippen molar-refractivity contribution in [3.63, 3.8) is 0 Å². The van der Waals surface area contributed by atoms with E-state index in [-0.39, 0.29) is 18.5 Å². The second-order valence-electron chi connectivity index (χ2n) is 7.62. The molecule has 0 bridgehead atoms. The molecule has 8 heteroatoms. The van der Waals surface area contributed by atoms with E-state index in [4.69, 9.17) is 21.4 Å². The van der Waals surface area contributed by atoms with Gasteiger partial charge in [0.15, 0.2) is 0 Å². The highest BCUT2D eigenvalue weighted by Crippen LogP contribution is 2.21. The van der Waals surface area contributed by atoms with E-state index in [1.54, 1.807) is 24.3 Å². The third kappa shape index (κ3) is 6.91. The molecule has 0 aliphatic rings. The molecule has 7 nitrogen and oxygen atoms in total.